The van der Waals surface area contributed by atoms with E-state index in [1.54, 1.807) is 68.4 Å². The van der Waals surface area contributed by atoms with Gasteiger partial charge in [-0.15, -0.1) is 0 Å². The van der Waals surface area contributed by atoms with Crippen molar-refractivity contribution in [2.24, 2.45) is 5.73 Å². The molecule has 0 radical (unpaired) electrons. The second-order valence-corrected chi connectivity index (χ2v) is 6.44. The molecule has 7 nitrogen and oxygen atoms in total. The minimum absolute atomic E-state index is 0.0789. The van der Waals surface area contributed by atoms with Crippen molar-refractivity contribution in [1.82, 2.24) is 0 Å². The van der Waals surface area contributed by atoms with Gasteiger partial charge >= 0.3 is 11.9 Å². The lowest BCUT2D eigenvalue weighted by Crippen LogP contribution is -2.25. The van der Waals surface area contributed by atoms with Crippen molar-refractivity contribution < 1.29 is 23.8 Å². The first-order valence-electron chi connectivity index (χ1n) is 9.29. The number of benzene rings is 2. The highest BCUT2D eigenvalue weighted by atomic mass is 16.5. The van der Waals surface area contributed by atoms with Crippen LogP contribution in [0.25, 0.3) is 0 Å². The molecular formula is C23H20N2O5. The first-order chi connectivity index (χ1) is 14.5. The number of rotatable bonds is 5. The number of hydrogen-bond acceptors (Lipinski definition) is 7. The molecule has 152 valence electrons. The molecule has 1 aliphatic heterocycles. The summed E-state index contributed by atoms with van der Waals surface area (Å²) in [6.45, 7) is 3.43. The number of hydrogen-bond donors (Lipinski definition) is 1. The van der Waals surface area contributed by atoms with Crippen LogP contribution in [0.3, 0.4) is 0 Å². The van der Waals surface area contributed by atoms with E-state index < -0.39 is 17.9 Å². The molecule has 3 rings (SSSR count). The highest BCUT2D eigenvalue weighted by molar-refractivity contribution is 5.93. The molecule has 0 saturated heterocycles. The van der Waals surface area contributed by atoms with Crippen LogP contribution in [0.4, 0.5) is 0 Å². The molecule has 2 aromatic rings. The monoisotopic (exact) mass is 404 g/mol. The number of ether oxygens (including phenoxy) is 3. The van der Waals surface area contributed by atoms with Crippen molar-refractivity contribution >= 4 is 11.9 Å². The van der Waals surface area contributed by atoms with Crippen molar-refractivity contribution in [3.8, 4) is 11.8 Å². The predicted molar refractivity (Wildman–Crippen MR) is 108 cm³/mol. The standard InChI is InChI=1S/C23H20N2O5/c1-3-28-23(27)19-14(2)29-21(25)18(13-24)20(19)16-10-7-11-17(12-16)30-22(26)15-8-5-4-6-9-15/h4-12,20H,3,25H2,1-2H3. The molecule has 1 aliphatic rings. The molecule has 30 heavy (non-hydrogen) atoms. The first kappa shape index (κ1) is 20.7. The summed E-state index contributed by atoms with van der Waals surface area (Å²) < 4.78 is 16.0. The normalized spacial score (nSPS) is 15.8. The van der Waals surface area contributed by atoms with Crippen LogP contribution in [-0.2, 0) is 14.3 Å². The lowest BCUT2D eigenvalue weighted by atomic mass is 9.83. The number of allylic oxidation sites excluding steroid dienone is 2. The maximum atomic E-state index is 12.6. The Bertz CT molecular complexity index is 1080. The molecule has 0 amide bonds. The van der Waals surface area contributed by atoms with Crippen LogP contribution in [0.5, 0.6) is 5.75 Å². The minimum Gasteiger partial charge on any atom is -0.463 e. The Kier molecular flexibility index (Phi) is 6.18. The first-order valence-corrected chi connectivity index (χ1v) is 9.29. The zero-order valence-corrected chi connectivity index (χ0v) is 16.5. The van der Waals surface area contributed by atoms with Crippen molar-refractivity contribution in [1.29, 1.82) is 5.26 Å². The van der Waals surface area contributed by atoms with Crippen molar-refractivity contribution in [2.75, 3.05) is 6.61 Å². The van der Waals surface area contributed by atoms with Gasteiger partial charge in [-0.05, 0) is 43.7 Å². The molecule has 1 unspecified atom stereocenters. The molecule has 2 N–H and O–H groups in total. The summed E-state index contributed by atoms with van der Waals surface area (Å²) in [5, 5.41) is 9.64. The zero-order valence-electron chi connectivity index (χ0n) is 16.5. The Morgan fingerprint density at radius 1 is 1.13 bits per heavy atom. The summed E-state index contributed by atoms with van der Waals surface area (Å²) >= 11 is 0. The van der Waals surface area contributed by atoms with Gasteiger partial charge in [0.15, 0.2) is 0 Å². The van der Waals surface area contributed by atoms with E-state index in [0.29, 0.717) is 11.1 Å². The van der Waals surface area contributed by atoms with E-state index in [-0.39, 0.29) is 35.1 Å². The maximum absolute atomic E-state index is 12.6. The van der Waals surface area contributed by atoms with Gasteiger partial charge in [-0.25, -0.2) is 9.59 Å². The van der Waals surface area contributed by atoms with Gasteiger partial charge in [0, 0.05) is 0 Å². The number of nitriles is 1. The molecular weight excluding hydrogens is 384 g/mol. The van der Waals surface area contributed by atoms with Gasteiger partial charge in [-0.3, -0.25) is 0 Å². The fraction of sp³-hybridized carbons (Fsp3) is 0.174. The smallest absolute Gasteiger partial charge is 0.343 e. The Hall–Kier alpha value is -4.05. The van der Waals surface area contributed by atoms with Gasteiger partial charge in [-0.1, -0.05) is 30.3 Å². The SMILES string of the molecule is CCOC(=O)C1=C(C)OC(N)=C(C#N)C1c1cccc(OC(=O)c2ccccc2)c1. The molecule has 0 saturated carbocycles. The van der Waals surface area contributed by atoms with Crippen LogP contribution in [0.1, 0.15) is 35.7 Å². The summed E-state index contributed by atoms with van der Waals surface area (Å²) in [7, 11) is 0. The summed E-state index contributed by atoms with van der Waals surface area (Å²) in [5.74, 6) is -1.50. The number of esters is 2. The second kappa shape index (κ2) is 8.97. The van der Waals surface area contributed by atoms with Crippen LogP contribution >= 0.6 is 0 Å². The van der Waals surface area contributed by atoms with Crippen LogP contribution in [0, 0.1) is 11.3 Å². The molecule has 0 aliphatic carbocycles. The van der Waals surface area contributed by atoms with Crippen LogP contribution in [-0.4, -0.2) is 18.5 Å². The largest absolute Gasteiger partial charge is 0.463 e. The van der Waals surface area contributed by atoms with Gasteiger partial charge in [0.05, 0.1) is 23.7 Å². The molecule has 1 heterocycles. The topological polar surface area (TPSA) is 112 Å². The van der Waals surface area contributed by atoms with Gasteiger partial charge in [0.2, 0.25) is 5.88 Å². The summed E-state index contributed by atoms with van der Waals surface area (Å²) in [6.07, 6.45) is 0. The third kappa shape index (κ3) is 4.18. The van der Waals surface area contributed by atoms with E-state index in [1.165, 1.54) is 0 Å². The Morgan fingerprint density at radius 2 is 1.87 bits per heavy atom. The van der Waals surface area contributed by atoms with Crippen LogP contribution in [0.15, 0.2) is 77.4 Å². The fourth-order valence-corrected chi connectivity index (χ4v) is 3.19. The lowest BCUT2D eigenvalue weighted by Gasteiger charge is -2.27. The summed E-state index contributed by atoms with van der Waals surface area (Å²) in [6, 6.07) is 17.2. The Labute approximate surface area is 174 Å². The number of nitrogens with two attached hydrogens (primary N) is 1. The maximum Gasteiger partial charge on any atom is 0.343 e. The van der Waals surface area contributed by atoms with Gasteiger partial charge in [-0.2, -0.15) is 5.26 Å². The number of carbonyl (C=O) groups is 2. The zero-order chi connectivity index (χ0) is 21.7. The second-order valence-electron chi connectivity index (χ2n) is 6.44. The molecule has 2 aromatic carbocycles. The Balaban J connectivity index is 2.00. The number of carbonyl (C=O) groups excluding carboxylic acids is 2. The highest BCUT2D eigenvalue weighted by Gasteiger charge is 2.36. The summed E-state index contributed by atoms with van der Waals surface area (Å²) in [5.41, 5.74) is 7.10. The predicted octanol–water partition coefficient (Wildman–Crippen LogP) is 3.55. The van der Waals surface area contributed by atoms with Gasteiger partial charge in [0.25, 0.3) is 0 Å². The van der Waals surface area contributed by atoms with Crippen molar-refractivity contribution in [2.45, 2.75) is 19.8 Å². The molecule has 1 atom stereocenters. The van der Waals surface area contributed by atoms with Crippen molar-refractivity contribution in [3.05, 3.63) is 88.5 Å². The lowest BCUT2D eigenvalue weighted by molar-refractivity contribution is -0.139. The number of nitrogens with zero attached hydrogens (tertiary/aromatic N) is 1. The highest BCUT2D eigenvalue weighted by Crippen LogP contribution is 2.40. The summed E-state index contributed by atoms with van der Waals surface area (Å²) in [4.78, 5) is 25.0. The van der Waals surface area contributed by atoms with Crippen molar-refractivity contribution in [3.63, 3.8) is 0 Å². The average molecular weight is 404 g/mol. The van der Waals surface area contributed by atoms with E-state index >= 15 is 0 Å². The Morgan fingerprint density at radius 3 is 2.53 bits per heavy atom. The van der Waals surface area contributed by atoms with Gasteiger partial charge in [0.1, 0.15) is 23.2 Å². The van der Waals surface area contributed by atoms with E-state index in [9.17, 15) is 14.9 Å². The third-order valence-electron chi connectivity index (χ3n) is 4.51. The van der Waals surface area contributed by atoms with E-state index in [2.05, 4.69) is 0 Å². The van der Waals surface area contributed by atoms with Gasteiger partial charge < -0.3 is 19.9 Å². The molecule has 0 aromatic heterocycles. The van der Waals surface area contributed by atoms with Crippen LogP contribution in [0.2, 0.25) is 0 Å². The van der Waals surface area contributed by atoms with E-state index in [1.807, 2.05) is 6.07 Å². The molecule has 7 heteroatoms. The van der Waals surface area contributed by atoms with Crippen LogP contribution < -0.4 is 10.5 Å². The van der Waals surface area contributed by atoms with E-state index in [4.69, 9.17) is 19.9 Å². The minimum atomic E-state index is -0.807. The van der Waals surface area contributed by atoms with E-state index in [0.717, 1.165) is 0 Å². The average Bonchev–Trinajstić information content (AvgIpc) is 2.74. The molecule has 0 spiro atoms. The molecule has 0 fully saturated rings. The quantitative estimate of drug-likeness (QED) is 0.599. The molecule has 0 bridgehead atoms. The third-order valence-corrected chi connectivity index (χ3v) is 4.51. The fourth-order valence-electron chi connectivity index (χ4n) is 3.19.